The molecule has 0 aliphatic heterocycles. The number of aliphatic hydroxyl groups is 1. The Kier molecular flexibility index (Phi) is 5.04. The number of carbonyl (C=O) groups is 1. The molecule has 0 aliphatic rings. The van der Waals surface area contributed by atoms with E-state index in [1.54, 1.807) is 6.07 Å². The second-order valence-corrected chi connectivity index (χ2v) is 5.06. The van der Waals surface area contributed by atoms with Gasteiger partial charge in [0, 0.05) is 22.1 Å². The molecule has 2 aromatic rings. The second-order valence-electron chi connectivity index (χ2n) is 4.06. The van der Waals surface area contributed by atoms with Gasteiger partial charge < -0.3 is 10.4 Å². The largest absolute Gasteiger partial charge is 0.384 e. The van der Waals surface area contributed by atoms with E-state index >= 15 is 0 Å². The van der Waals surface area contributed by atoms with Crippen LogP contribution in [0.1, 0.15) is 20.8 Å². The van der Waals surface area contributed by atoms with Crippen molar-refractivity contribution in [3.63, 3.8) is 0 Å². The molecule has 108 valence electrons. The minimum Gasteiger partial charge on any atom is -0.384 e. The first kappa shape index (κ1) is 15.2. The van der Waals surface area contributed by atoms with Crippen molar-refractivity contribution in [2.45, 2.75) is 6.54 Å². The van der Waals surface area contributed by atoms with E-state index in [0.29, 0.717) is 11.6 Å². The van der Waals surface area contributed by atoms with Crippen LogP contribution in [0.4, 0.5) is 8.78 Å². The van der Waals surface area contributed by atoms with Crippen molar-refractivity contribution in [2.24, 2.45) is 0 Å². The molecule has 0 radical (unpaired) electrons. The standard InChI is InChI=1S/C15H11F2NO2S/c16-12-6-11(7-13(17)8-12)15(20)18-9-14-10(2-1-4-19)3-5-21-14/h3,5-8,19H,4,9H2,(H,18,20). The van der Waals surface area contributed by atoms with Crippen LogP contribution in [0.25, 0.3) is 0 Å². The number of hydrogen-bond donors (Lipinski definition) is 2. The van der Waals surface area contributed by atoms with Crippen molar-refractivity contribution >= 4 is 17.2 Å². The summed E-state index contributed by atoms with van der Waals surface area (Å²) in [4.78, 5) is 12.7. The molecule has 0 fully saturated rings. The zero-order valence-corrected chi connectivity index (χ0v) is 11.6. The van der Waals surface area contributed by atoms with Crippen LogP contribution < -0.4 is 5.32 Å². The molecule has 1 heterocycles. The van der Waals surface area contributed by atoms with Crippen molar-refractivity contribution in [2.75, 3.05) is 6.61 Å². The Morgan fingerprint density at radius 3 is 2.67 bits per heavy atom. The van der Waals surface area contributed by atoms with Crippen LogP contribution in [-0.2, 0) is 6.54 Å². The predicted molar refractivity (Wildman–Crippen MR) is 75.8 cm³/mol. The monoisotopic (exact) mass is 307 g/mol. The lowest BCUT2D eigenvalue weighted by molar-refractivity contribution is 0.0950. The second kappa shape index (κ2) is 6.97. The maximum absolute atomic E-state index is 13.0. The highest BCUT2D eigenvalue weighted by Gasteiger charge is 2.10. The molecule has 0 spiro atoms. The Morgan fingerprint density at radius 1 is 1.29 bits per heavy atom. The van der Waals surface area contributed by atoms with Gasteiger partial charge in [-0.25, -0.2) is 8.78 Å². The van der Waals surface area contributed by atoms with Crippen molar-refractivity contribution in [3.8, 4) is 11.8 Å². The molecular weight excluding hydrogens is 296 g/mol. The van der Waals surface area contributed by atoms with Crippen molar-refractivity contribution in [1.82, 2.24) is 5.32 Å². The molecule has 2 rings (SSSR count). The van der Waals surface area contributed by atoms with E-state index in [1.807, 2.05) is 5.38 Å². The number of hydrogen-bond acceptors (Lipinski definition) is 3. The molecule has 1 amide bonds. The van der Waals surface area contributed by atoms with Gasteiger partial charge in [-0.15, -0.1) is 11.3 Å². The van der Waals surface area contributed by atoms with Crippen LogP contribution in [0, 0.1) is 23.5 Å². The van der Waals surface area contributed by atoms with Crippen LogP contribution >= 0.6 is 11.3 Å². The summed E-state index contributed by atoms with van der Waals surface area (Å²) in [6.45, 7) is -0.0473. The number of aliphatic hydroxyl groups excluding tert-OH is 1. The molecule has 0 unspecified atom stereocenters. The third-order valence-electron chi connectivity index (χ3n) is 2.58. The van der Waals surface area contributed by atoms with Gasteiger partial charge >= 0.3 is 0 Å². The van der Waals surface area contributed by atoms with E-state index < -0.39 is 17.5 Å². The van der Waals surface area contributed by atoms with E-state index in [0.717, 1.165) is 17.0 Å². The lowest BCUT2D eigenvalue weighted by Crippen LogP contribution is -2.23. The molecule has 1 aromatic heterocycles. The van der Waals surface area contributed by atoms with Crippen LogP contribution in [0.3, 0.4) is 0 Å². The quantitative estimate of drug-likeness (QED) is 0.855. The Labute approximate surface area is 124 Å². The molecule has 6 heteroatoms. The van der Waals surface area contributed by atoms with Gasteiger partial charge in [0.1, 0.15) is 18.2 Å². The molecule has 2 N–H and O–H groups in total. The van der Waals surface area contributed by atoms with Crippen LogP contribution in [0.15, 0.2) is 29.6 Å². The maximum atomic E-state index is 13.0. The summed E-state index contributed by atoms with van der Waals surface area (Å²) in [7, 11) is 0. The maximum Gasteiger partial charge on any atom is 0.251 e. The Balaban J connectivity index is 2.06. The van der Waals surface area contributed by atoms with E-state index in [9.17, 15) is 13.6 Å². The third-order valence-corrected chi connectivity index (χ3v) is 3.50. The molecule has 0 saturated carbocycles. The highest BCUT2D eigenvalue weighted by atomic mass is 32.1. The molecule has 3 nitrogen and oxygen atoms in total. The van der Waals surface area contributed by atoms with Gasteiger partial charge in [0.2, 0.25) is 0 Å². The topological polar surface area (TPSA) is 49.3 Å². The molecule has 0 atom stereocenters. The minimum atomic E-state index is -0.800. The van der Waals surface area contributed by atoms with Gasteiger partial charge in [0.05, 0.1) is 6.54 Å². The van der Waals surface area contributed by atoms with Crippen molar-refractivity contribution in [1.29, 1.82) is 0 Å². The van der Waals surface area contributed by atoms with E-state index in [1.165, 1.54) is 11.3 Å². The van der Waals surface area contributed by atoms with E-state index in [4.69, 9.17) is 5.11 Å². The first-order valence-corrected chi connectivity index (χ1v) is 6.88. The zero-order chi connectivity index (χ0) is 15.2. The van der Waals surface area contributed by atoms with Gasteiger partial charge in [-0.2, -0.15) is 0 Å². The molecule has 21 heavy (non-hydrogen) atoms. The lowest BCUT2D eigenvalue weighted by Gasteiger charge is -2.05. The van der Waals surface area contributed by atoms with Gasteiger partial charge in [0.15, 0.2) is 0 Å². The van der Waals surface area contributed by atoms with E-state index in [2.05, 4.69) is 17.2 Å². The predicted octanol–water partition coefficient (Wildman–Crippen LogP) is 2.30. The molecule has 1 aromatic carbocycles. The number of halogens is 2. The summed E-state index contributed by atoms with van der Waals surface area (Å²) in [5, 5.41) is 13.1. The number of nitrogens with one attached hydrogen (secondary N) is 1. The SMILES string of the molecule is O=C(NCc1sccc1C#CCO)c1cc(F)cc(F)c1. The van der Waals surface area contributed by atoms with Crippen molar-refractivity contribution < 1.29 is 18.7 Å². The normalized spacial score (nSPS) is 9.86. The number of rotatable bonds is 3. The zero-order valence-electron chi connectivity index (χ0n) is 10.8. The minimum absolute atomic E-state index is 0.0768. The highest BCUT2D eigenvalue weighted by molar-refractivity contribution is 7.10. The average Bonchev–Trinajstić information content (AvgIpc) is 2.88. The van der Waals surface area contributed by atoms with Crippen LogP contribution in [0.5, 0.6) is 0 Å². The smallest absolute Gasteiger partial charge is 0.251 e. The summed E-state index contributed by atoms with van der Waals surface area (Å²) in [5.74, 6) is 3.12. The van der Waals surface area contributed by atoms with Crippen LogP contribution in [0.2, 0.25) is 0 Å². The molecule has 0 aliphatic carbocycles. The van der Waals surface area contributed by atoms with Gasteiger partial charge in [0.25, 0.3) is 5.91 Å². The first-order valence-electron chi connectivity index (χ1n) is 6.00. The molecule has 0 bridgehead atoms. The number of benzene rings is 1. The Hall–Kier alpha value is -2.23. The summed E-state index contributed by atoms with van der Waals surface area (Å²) < 4.78 is 26.1. The fourth-order valence-electron chi connectivity index (χ4n) is 1.67. The fourth-order valence-corrected chi connectivity index (χ4v) is 2.44. The van der Waals surface area contributed by atoms with Gasteiger partial charge in [-0.3, -0.25) is 4.79 Å². The average molecular weight is 307 g/mol. The number of carbonyl (C=O) groups excluding carboxylic acids is 1. The number of amides is 1. The fraction of sp³-hybridized carbons (Fsp3) is 0.133. The summed E-state index contributed by atoms with van der Waals surface area (Å²) in [6, 6.07) is 4.42. The summed E-state index contributed by atoms with van der Waals surface area (Å²) in [5.41, 5.74) is 0.631. The molecule has 0 saturated heterocycles. The lowest BCUT2D eigenvalue weighted by atomic mass is 10.2. The van der Waals surface area contributed by atoms with Gasteiger partial charge in [-0.1, -0.05) is 11.8 Å². The third kappa shape index (κ3) is 4.12. The van der Waals surface area contributed by atoms with Crippen LogP contribution in [-0.4, -0.2) is 17.6 Å². The summed E-state index contributed by atoms with van der Waals surface area (Å²) in [6.07, 6.45) is 0. The first-order chi connectivity index (χ1) is 10.1. The van der Waals surface area contributed by atoms with Crippen molar-refractivity contribution in [3.05, 3.63) is 57.3 Å². The van der Waals surface area contributed by atoms with E-state index in [-0.39, 0.29) is 18.7 Å². The Morgan fingerprint density at radius 2 is 2.00 bits per heavy atom. The highest BCUT2D eigenvalue weighted by Crippen LogP contribution is 2.16. The number of thiophene rings is 1. The van der Waals surface area contributed by atoms with Gasteiger partial charge in [-0.05, 0) is 23.6 Å². The Bertz CT molecular complexity index is 696. The summed E-state index contributed by atoms with van der Waals surface area (Å²) >= 11 is 1.40. The molecular formula is C15H11F2NO2S.